The third-order valence-corrected chi connectivity index (χ3v) is 4.95. The number of aryl methyl sites for hydroxylation is 1. The summed E-state index contributed by atoms with van der Waals surface area (Å²) < 4.78 is 5.67. The number of thiophene rings is 1. The van der Waals surface area contributed by atoms with E-state index in [9.17, 15) is 4.79 Å². The van der Waals surface area contributed by atoms with Crippen LogP contribution in [-0.4, -0.2) is 5.78 Å². The van der Waals surface area contributed by atoms with E-state index in [0.717, 1.165) is 35.8 Å². The molecule has 4 heteroatoms. The van der Waals surface area contributed by atoms with E-state index in [0.29, 0.717) is 16.3 Å². The summed E-state index contributed by atoms with van der Waals surface area (Å²) in [6.07, 6.45) is 3.10. The molecule has 100 valence electrons. The number of carbonyl (C=O) groups excluding carboxylic acids is 1. The highest BCUT2D eigenvalue weighted by atomic mass is 32.1. The fourth-order valence-corrected chi connectivity index (χ4v) is 4.05. The van der Waals surface area contributed by atoms with Crippen molar-refractivity contribution in [3.63, 3.8) is 0 Å². The zero-order valence-corrected chi connectivity index (χ0v) is 11.6. The number of furan rings is 1. The molecule has 0 amide bonds. The van der Waals surface area contributed by atoms with Crippen LogP contribution in [-0.2, 0) is 12.8 Å². The number of hydrogen-bond donors (Lipinski definition) is 1. The lowest BCUT2D eigenvalue weighted by atomic mass is 10.0. The maximum Gasteiger partial charge on any atom is 0.231 e. The van der Waals surface area contributed by atoms with Crippen molar-refractivity contribution < 1.29 is 9.21 Å². The van der Waals surface area contributed by atoms with Crippen molar-refractivity contribution in [1.82, 2.24) is 0 Å². The second-order valence-corrected chi connectivity index (χ2v) is 6.21. The number of anilines is 1. The van der Waals surface area contributed by atoms with Gasteiger partial charge < -0.3 is 10.2 Å². The van der Waals surface area contributed by atoms with Gasteiger partial charge in [-0.15, -0.1) is 11.3 Å². The lowest BCUT2D eigenvalue weighted by molar-refractivity contribution is 0.101. The van der Waals surface area contributed by atoms with Crippen LogP contribution in [0.25, 0.3) is 11.0 Å². The molecule has 3 aromatic rings. The van der Waals surface area contributed by atoms with E-state index in [1.54, 1.807) is 17.4 Å². The first-order valence-corrected chi connectivity index (χ1v) is 7.49. The van der Waals surface area contributed by atoms with Crippen LogP contribution in [0.5, 0.6) is 0 Å². The van der Waals surface area contributed by atoms with E-state index in [1.165, 1.54) is 4.88 Å². The Kier molecular flexibility index (Phi) is 2.47. The molecule has 0 spiro atoms. The van der Waals surface area contributed by atoms with Crippen LogP contribution in [0.3, 0.4) is 0 Å². The molecule has 0 atom stereocenters. The van der Waals surface area contributed by atoms with E-state index >= 15 is 0 Å². The van der Waals surface area contributed by atoms with Gasteiger partial charge in [0.25, 0.3) is 0 Å². The third kappa shape index (κ3) is 1.61. The number of nitrogens with two attached hydrogens (primary N) is 1. The predicted octanol–water partition coefficient (Wildman–Crippen LogP) is 3.80. The number of rotatable bonds is 2. The summed E-state index contributed by atoms with van der Waals surface area (Å²) >= 11 is 1.55. The van der Waals surface area contributed by atoms with E-state index in [-0.39, 0.29) is 5.78 Å². The minimum Gasteiger partial charge on any atom is -0.453 e. The van der Waals surface area contributed by atoms with Crippen LogP contribution in [0.2, 0.25) is 0 Å². The molecule has 20 heavy (non-hydrogen) atoms. The predicted molar refractivity (Wildman–Crippen MR) is 80.4 cm³/mol. The van der Waals surface area contributed by atoms with Gasteiger partial charge in [-0.2, -0.15) is 0 Å². The third-order valence-electron chi connectivity index (χ3n) is 3.82. The Hall–Kier alpha value is -2.07. The zero-order valence-electron chi connectivity index (χ0n) is 10.8. The molecule has 0 radical (unpaired) electrons. The number of fused-ring (bicyclic) bond motifs is 2. The van der Waals surface area contributed by atoms with E-state index in [4.69, 9.17) is 10.2 Å². The first-order chi connectivity index (χ1) is 9.74. The molecule has 0 bridgehead atoms. The van der Waals surface area contributed by atoms with Crippen molar-refractivity contribution in [3.05, 3.63) is 52.1 Å². The monoisotopic (exact) mass is 283 g/mol. The molecular formula is C16H13NO2S. The minimum atomic E-state index is -0.0851. The molecule has 2 aromatic heterocycles. The molecule has 1 aromatic carbocycles. The Morgan fingerprint density at radius 1 is 1.25 bits per heavy atom. The zero-order chi connectivity index (χ0) is 13.7. The fraction of sp³-hybridized carbons (Fsp3) is 0.188. The lowest BCUT2D eigenvalue weighted by Gasteiger charge is -1.99. The van der Waals surface area contributed by atoms with Crippen molar-refractivity contribution in [1.29, 1.82) is 0 Å². The van der Waals surface area contributed by atoms with Gasteiger partial charge in [0.1, 0.15) is 5.58 Å². The normalized spacial score (nSPS) is 13.8. The Balaban J connectivity index is 1.84. The molecule has 0 unspecified atom stereocenters. The second-order valence-electron chi connectivity index (χ2n) is 5.07. The fourth-order valence-electron chi connectivity index (χ4n) is 2.89. The second kappa shape index (κ2) is 4.21. The first kappa shape index (κ1) is 11.7. The molecule has 0 saturated carbocycles. The molecule has 4 rings (SSSR count). The summed E-state index contributed by atoms with van der Waals surface area (Å²) in [4.78, 5) is 14.0. The SMILES string of the molecule is Nc1sc2c(c1C(=O)c1cc3ccccc3o1)CCC2. The van der Waals surface area contributed by atoms with Crippen molar-refractivity contribution in [2.24, 2.45) is 0 Å². The van der Waals surface area contributed by atoms with E-state index < -0.39 is 0 Å². The van der Waals surface area contributed by atoms with Gasteiger partial charge >= 0.3 is 0 Å². The average Bonchev–Trinajstić information content (AvgIpc) is 3.10. The topological polar surface area (TPSA) is 56.2 Å². The first-order valence-electron chi connectivity index (χ1n) is 6.67. The number of benzene rings is 1. The number of ketones is 1. The quantitative estimate of drug-likeness (QED) is 0.728. The molecule has 2 heterocycles. The van der Waals surface area contributed by atoms with Gasteiger partial charge in [0, 0.05) is 10.3 Å². The highest BCUT2D eigenvalue weighted by Crippen LogP contribution is 2.38. The summed E-state index contributed by atoms with van der Waals surface area (Å²) in [6.45, 7) is 0. The maximum atomic E-state index is 12.7. The Morgan fingerprint density at radius 3 is 2.95 bits per heavy atom. The summed E-state index contributed by atoms with van der Waals surface area (Å²) in [5.41, 5.74) is 8.58. The van der Waals surface area contributed by atoms with Crippen molar-refractivity contribution in [2.45, 2.75) is 19.3 Å². The van der Waals surface area contributed by atoms with Gasteiger partial charge in [0.15, 0.2) is 5.76 Å². The van der Waals surface area contributed by atoms with Crippen LogP contribution in [0, 0.1) is 0 Å². The number of nitrogen functional groups attached to an aromatic ring is 1. The van der Waals surface area contributed by atoms with Gasteiger partial charge in [-0.05, 0) is 37.0 Å². The lowest BCUT2D eigenvalue weighted by Crippen LogP contribution is -2.04. The Bertz CT molecular complexity index is 795. The molecule has 1 aliphatic rings. The van der Waals surface area contributed by atoms with Crippen molar-refractivity contribution in [3.8, 4) is 0 Å². The van der Waals surface area contributed by atoms with Gasteiger partial charge in [-0.25, -0.2) is 0 Å². The van der Waals surface area contributed by atoms with E-state index in [1.807, 2.05) is 24.3 Å². The number of carbonyl (C=O) groups is 1. The molecular weight excluding hydrogens is 270 g/mol. The van der Waals surface area contributed by atoms with Crippen LogP contribution in [0.15, 0.2) is 34.7 Å². The highest BCUT2D eigenvalue weighted by Gasteiger charge is 2.27. The highest BCUT2D eigenvalue weighted by molar-refractivity contribution is 7.16. The van der Waals surface area contributed by atoms with Gasteiger partial charge in [-0.1, -0.05) is 18.2 Å². The standard InChI is InChI=1S/C16H13NO2S/c17-16-14(10-5-3-7-13(10)20-16)15(18)12-8-9-4-1-2-6-11(9)19-12/h1-2,4,6,8H,3,5,7,17H2. The molecule has 3 nitrogen and oxygen atoms in total. The maximum absolute atomic E-state index is 12.7. The number of hydrogen-bond acceptors (Lipinski definition) is 4. The number of para-hydroxylation sites is 1. The molecule has 0 aliphatic heterocycles. The van der Waals surface area contributed by atoms with E-state index in [2.05, 4.69) is 0 Å². The summed E-state index contributed by atoms with van der Waals surface area (Å²) in [7, 11) is 0. The largest absolute Gasteiger partial charge is 0.453 e. The molecule has 0 saturated heterocycles. The molecule has 2 N–H and O–H groups in total. The molecule has 0 fully saturated rings. The summed E-state index contributed by atoms with van der Waals surface area (Å²) in [6, 6.07) is 9.44. The van der Waals surface area contributed by atoms with Crippen LogP contribution in [0.1, 0.15) is 33.0 Å². The minimum absolute atomic E-state index is 0.0851. The van der Waals surface area contributed by atoms with Crippen LogP contribution < -0.4 is 5.73 Å². The van der Waals surface area contributed by atoms with Gasteiger partial charge in [0.2, 0.25) is 5.78 Å². The Morgan fingerprint density at radius 2 is 2.10 bits per heavy atom. The smallest absolute Gasteiger partial charge is 0.231 e. The van der Waals surface area contributed by atoms with Crippen molar-refractivity contribution >= 4 is 33.1 Å². The van der Waals surface area contributed by atoms with Gasteiger partial charge in [0.05, 0.1) is 10.6 Å². The van der Waals surface area contributed by atoms with Crippen LogP contribution >= 0.6 is 11.3 Å². The average molecular weight is 283 g/mol. The van der Waals surface area contributed by atoms with Crippen LogP contribution in [0.4, 0.5) is 5.00 Å². The molecule has 1 aliphatic carbocycles. The summed E-state index contributed by atoms with van der Waals surface area (Å²) in [5, 5.41) is 1.57. The van der Waals surface area contributed by atoms with Crippen molar-refractivity contribution in [2.75, 3.05) is 5.73 Å². The Labute approximate surface area is 120 Å². The summed E-state index contributed by atoms with van der Waals surface area (Å²) in [5.74, 6) is 0.295. The van der Waals surface area contributed by atoms with Gasteiger partial charge in [-0.3, -0.25) is 4.79 Å².